The van der Waals surface area contributed by atoms with Crippen LogP contribution in [0.5, 0.6) is 17.2 Å². The van der Waals surface area contributed by atoms with Gasteiger partial charge in [0.25, 0.3) is 0 Å². The Morgan fingerprint density at radius 2 is 1.56 bits per heavy atom. The molecule has 0 unspecified atom stereocenters. The van der Waals surface area contributed by atoms with Crippen LogP contribution in [0.2, 0.25) is 0 Å². The second-order valence-electron chi connectivity index (χ2n) is 6.54. The monoisotopic (exact) mass is 433 g/mol. The smallest absolute Gasteiger partial charge is 0.329 e. The molecule has 8 nitrogen and oxygen atoms in total. The van der Waals surface area contributed by atoms with Gasteiger partial charge in [0.05, 0.1) is 26.1 Å². The lowest BCUT2D eigenvalue weighted by Gasteiger charge is -2.11. The number of para-hydroxylation sites is 2. The van der Waals surface area contributed by atoms with Gasteiger partial charge < -0.3 is 19.5 Å². The first-order valence-electron chi connectivity index (χ1n) is 9.73. The lowest BCUT2D eigenvalue weighted by atomic mass is 10.2. The minimum absolute atomic E-state index is 0.384. The number of hydrogen-bond acceptors (Lipinski definition) is 6. The average Bonchev–Trinajstić information content (AvgIpc) is 2.83. The van der Waals surface area contributed by atoms with Crippen LogP contribution in [-0.2, 0) is 16.2 Å². The van der Waals surface area contributed by atoms with Gasteiger partial charge in [0.2, 0.25) is 0 Å². The fourth-order valence-corrected chi connectivity index (χ4v) is 2.76. The van der Waals surface area contributed by atoms with E-state index in [1.807, 2.05) is 30.3 Å². The van der Waals surface area contributed by atoms with Crippen molar-refractivity contribution in [1.29, 1.82) is 0 Å². The largest absolute Gasteiger partial charge is 0.495 e. The van der Waals surface area contributed by atoms with Crippen molar-refractivity contribution in [3.05, 3.63) is 83.9 Å². The molecule has 0 aliphatic heterocycles. The van der Waals surface area contributed by atoms with Crippen molar-refractivity contribution in [2.45, 2.75) is 6.61 Å². The molecule has 3 aromatic rings. The van der Waals surface area contributed by atoms with Gasteiger partial charge in [-0.15, -0.1) is 0 Å². The molecule has 0 aliphatic rings. The van der Waals surface area contributed by atoms with Gasteiger partial charge in [0.15, 0.2) is 11.5 Å². The van der Waals surface area contributed by atoms with E-state index < -0.39 is 11.8 Å². The molecular formula is C24H23N3O5. The van der Waals surface area contributed by atoms with Gasteiger partial charge in [-0.25, -0.2) is 5.43 Å². The molecule has 0 heterocycles. The second-order valence-corrected chi connectivity index (χ2v) is 6.54. The summed E-state index contributed by atoms with van der Waals surface area (Å²) in [6, 6.07) is 21.8. The standard InChI is InChI=1S/C24H23N3O5/c1-30-20-11-7-6-10-19(20)26-23(28)24(29)27-25-15-18-12-13-21(22(14-18)31-2)32-16-17-8-4-3-5-9-17/h3-15H,16H2,1-2H3,(H,26,28)(H,27,29)/b25-15+. The van der Waals surface area contributed by atoms with Crippen LogP contribution in [0.4, 0.5) is 5.69 Å². The van der Waals surface area contributed by atoms with Crippen molar-refractivity contribution < 1.29 is 23.8 Å². The van der Waals surface area contributed by atoms with Crippen molar-refractivity contribution in [2.24, 2.45) is 5.10 Å². The molecule has 3 rings (SSSR count). The van der Waals surface area contributed by atoms with E-state index in [4.69, 9.17) is 14.2 Å². The van der Waals surface area contributed by atoms with Gasteiger partial charge in [0, 0.05) is 0 Å². The number of hydrazone groups is 1. The van der Waals surface area contributed by atoms with Crippen molar-refractivity contribution in [1.82, 2.24) is 5.43 Å². The summed E-state index contributed by atoms with van der Waals surface area (Å²) in [7, 11) is 3.01. The van der Waals surface area contributed by atoms with E-state index >= 15 is 0 Å². The Balaban J connectivity index is 1.57. The normalized spacial score (nSPS) is 10.4. The van der Waals surface area contributed by atoms with Gasteiger partial charge in [-0.3, -0.25) is 9.59 Å². The maximum atomic E-state index is 12.1. The van der Waals surface area contributed by atoms with Gasteiger partial charge in [-0.2, -0.15) is 5.10 Å². The lowest BCUT2D eigenvalue weighted by molar-refractivity contribution is -0.136. The van der Waals surface area contributed by atoms with Gasteiger partial charge in [-0.1, -0.05) is 42.5 Å². The third-order valence-electron chi connectivity index (χ3n) is 4.37. The molecule has 2 N–H and O–H groups in total. The lowest BCUT2D eigenvalue weighted by Crippen LogP contribution is -2.32. The minimum atomic E-state index is -0.915. The summed E-state index contributed by atoms with van der Waals surface area (Å²) in [4.78, 5) is 24.1. The molecule has 0 bridgehead atoms. The number of methoxy groups -OCH3 is 2. The zero-order valence-corrected chi connectivity index (χ0v) is 17.7. The maximum Gasteiger partial charge on any atom is 0.329 e. The highest BCUT2D eigenvalue weighted by molar-refractivity contribution is 6.39. The highest BCUT2D eigenvalue weighted by Gasteiger charge is 2.15. The fraction of sp³-hybridized carbons (Fsp3) is 0.125. The molecule has 0 atom stereocenters. The van der Waals surface area contributed by atoms with Gasteiger partial charge in [0.1, 0.15) is 12.4 Å². The van der Waals surface area contributed by atoms with Crippen LogP contribution in [0.15, 0.2) is 77.9 Å². The Bertz CT molecular complexity index is 1100. The summed E-state index contributed by atoms with van der Waals surface area (Å²) in [6.07, 6.45) is 1.40. The predicted octanol–water partition coefficient (Wildman–Crippen LogP) is 3.37. The molecule has 3 aromatic carbocycles. The summed E-state index contributed by atoms with van der Waals surface area (Å²) in [5, 5.41) is 6.31. The van der Waals surface area contributed by atoms with Gasteiger partial charge in [-0.05, 0) is 41.5 Å². The fourth-order valence-electron chi connectivity index (χ4n) is 2.76. The zero-order chi connectivity index (χ0) is 22.8. The van der Waals surface area contributed by atoms with Crippen molar-refractivity contribution in [3.63, 3.8) is 0 Å². The predicted molar refractivity (Wildman–Crippen MR) is 121 cm³/mol. The van der Waals surface area contributed by atoms with Crippen molar-refractivity contribution in [2.75, 3.05) is 19.5 Å². The first-order chi connectivity index (χ1) is 15.6. The molecule has 8 heteroatoms. The summed E-state index contributed by atoms with van der Waals surface area (Å²) in [5.41, 5.74) is 4.27. The number of nitrogens with one attached hydrogen (secondary N) is 2. The Morgan fingerprint density at radius 3 is 2.31 bits per heavy atom. The number of amides is 2. The van der Waals surface area contributed by atoms with Crippen LogP contribution in [0.3, 0.4) is 0 Å². The minimum Gasteiger partial charge on any atom is -0.495 e. The quantitative estimate of drug-likeness (QED) is 0.322. The topological polar surface area (TPSA) is 98.2 Å². The first kappa shape index (κ1) is 22.4. The number of rotatable bonds is 8. The molecule has 0 saturated carbocycles. The summed E-state index contributed by atoms with van der Waals surface area (Å²) in [5.74, 6) is -0.242. The van der Waals surface area contributed by atoms with Crippen LogP contribution in [0.1, 0.15) is 11.1 Å². The highest BCUT2D eigenvalue weighted by Crippen LogP contribution is 2.28. The van der Waals surface area contributed by atoms with Crippen molar-refractivity contribution in [3.8, 4) is 17.2 Å². The molecule has 2 amide bonds. The zero-order valence-electron chi connectivity index (χ0n) is 17.7. The van der Waals surface area contributed by atoms with E-state index in [0.29, 0.717) is 35.1 Å². The number of benzene rings is 3. The molecule has 0 saturated heterocycles. The Hall–Kier alpha value is -4.33. The van der Waals surface area contributed by atoms with E-state index in [9.17, 15) is 9.59 Å². The molecule has 32 heavy (non-hydrogen) atoms. The van der Waals surface area contributed by atoms with E-state index in [2.05, 4.69) is 15.8 Å². The van der Waals surface area contributed by atoms with Crippen LogP contribution in [0.25, 0.3) is 0 Å². The van der Waals surface area contributed by atoms with Gasteiger partial charge >= 0.3 is 11.8 Å². The number of carbonyl (C=O) groups excluding carboxylic acids is 2. The summed E-state index contributed by atoms with van der Waals surface area (Å²) >= 11 is 0. The van der Waals surface area contributed by atoms with Crippen LogP contribution in [-0.4, -0.2) is 32.2 Å². The Morgan fingerprint density at radius 1 is 0.844 bits per heavy atom. The number of hydrogen-bond donors (Lipinski definition) is 2. The van der Waals surface area contributed by atoms with E-state index in [0.717, 1.165) is 5.56 Å². The number of anilines is 1. The second kappa shape index (κ2) is 11.2. The van der Waals surface area contributed by atoms with E-state index in [-0.39, 0.29) is 0 Å². The van der Waals surface area contributed by atoms with Crippen LogP contribution < -0.4 is 25.0 Å². The molecule has 0 aliphatic carbocycles. The molecule has 0 radical (unpaired) electrons. The van der Waals surface area contributed by atoms with E-state index in [1.54, 1.807) is 42.5 Å². The Kier molecular flexibility index (Phi) is 7.80. The SMILES string of the molecule is COc1ccccc1NC(=O)C(=O)N/N=C/c1ccc(OCc2ccccc2)c(OC)c1. The third kappa shape index (κ3) is 6.09. The molecular weight excluding hydrogens is 410 g/mol. The number of carbonyl (C=O) groups is 2. The highest BCUT2D eigenvalue weighted by atomic mass is 16.5. The third-order valence-corrected chi connectivity index (χ3v) is 4.37. The average molecular weight is 433 g/mol. The van der Waals surface area contributed by atoms with Crippen molar-refractivity contribution >= 4 is 23.7 Å². The maximum absolute atomic E-state index is 12.1. The first-order valence-corrected chi connectivity index (χ1v) is 9.73. The summed E-state index contributed by atoms with van der Waals surface area (Å²) < 4.78 is 16.3. The number of nitrogens with zero attached hydrogens (tertiary/aromatic N) is 1. The van der Waals surface area contributed by atoms with E-state index in [1.165, 1.54) is 20.4 Å². The molecule has 164 valence electrons. The molecule has 0 fully saturated rings. The molecule has 0 aromatic heterocycles. The Labute approximate surface area is 185 Å². The van der Waals surface area contributed by atoms with Crippen LogP contribution in [0, 0.1) is 0 Å². The summed E-state index contributed by atoms with van der Waals surface area (Å²) in [6.45, 7) is 0.405. The molecule has 0 spiro atoms. The number of ether oxygens (including phenoxy) is 3. The van der Waals surface area contributed by atoms with Crippen LogP contribution >= 0.6 is 0 Å².